The Morgan fingerprint density at radius 1 is 1.23 bits per heavy atom. The normalized spacial score (nSPS) is 16.4. The summed E-state index contributed by atoms with van der Waals surface area (Å²) in [5.41, 5.74) is 3.96. The molecular formula is C24H28N2O3S. The zero-order valence-electron chi connectivity index (χ0n) is 18.0. The fourth-order valence-corrected chi connectivity index (χ4v) is 4.71. The second kappa shape index (κ2) is 8.74. The van der Waals surface area contributed by atoms with Crippen LogP contribution in [0.1, 0.15) is 48.2 Å². The van der Waals surface area contributed by atoms with E-state index in [-0.39, 0.29) is 18.1 Å². The Hall–Kier alpha value is -2.44. The number of fused-ring (bicyclic) bond motifs is 1. The van der Waals surface area contributed by atoms with Crippen LogP contribution in [-0.2, 0) is 4.74 Å². The SMILES string of the molecule is Cc1ccc2sc(N(CC3CCCO3)C(=O)c3ccc(OC(C)C)cc3)nc2c1C. The van der Waals surface area contributed by atoms with Crippen LogP contribution in [0.25, 0.3) is 10.2 Å². The maximum absolute atomic E-state index is 13.5. The van der Waals surface area contributed by atoms with Crippen molar-refractivity contribution >= 4 is 32.6 Å². The van der Waals surface area contributed by atoms with E-state index in [0.29, 0.717) is 12.1 Å². The smallest absolute Gasteiger partial charge is 0.260 e. The van der Waals surface area contributed by atoms with Crippen molar-refractivity contribution in [3.05, 3.63) is 53.1 Å². The fourth-order valence-electron chi connectivity index (χ4n) is 3.67. The Bertz CT molecular complexity index is 1040. The molecule has 4 rings (SSSR count). The Balaban J connectivity index is 1.67. The van der Waals surface area contributed by atoms with Crippen molar-refractivity contribution in [3.8, 4) is 5.75 Å². The van der Waals surface area contributed by atoms with Gasteiger partial charge in [0.2, 0.25) is 0 Å². The number of aryl methyl sites for hydroxylation is 2. The number of hydrogen-bond donors (Lipinski definition) is 0. The predicted octanol–water partition coefficient (Wildman–Crippen LogP) is 5.53. The molecule has 0 saturated carbocycles. The molecule has 0 radical (unpaired) electrons. The third kappa shape index (κ3) is 4.35. The van der Waals surface area contributed by atoms with Gasteiger partial charge in [-0.05, 0) is 82.0 Å². The van der Waals surface area contributed by atoms with Crippen LogP contribution >= 0.6 is 11.3 Å². The molecule has 0 N–H and O–H groups in total. The molecule has 0 spiro atoms. The van der Waals surface area contributed by atoms with Gasteiger partial charge in [0, 0.05) is 12.2 Å². The van der Waals surface area contributed by atoms with E-state index < -0.39 is 0 Å². The summed E-state index contributed by atoms with van der Waals surface area (Å²) in [4.78, 5) is 20.1. The minimum absolute atomic E-state index is 0.0485. The van der Waals surface area contributed by atoms with Gasteiger partial charge in [-0.3, -0.25) is 9.69 Å². The van der Waals surface area contributed by atoms with E-state index in [9.17, 15) is 4.79 Å². The molecule has 1 atom stereocenters. The topological polar surface area (TPSA) is 51.7 Å². The highest BCUT2D eigenvalue weighted by molar-refractivity contribution is 7.22. The molecule has 1 aliphatic rings. The first-order valence-corrected chi connectivity index (χ1v) is 11.3. The van der Waals surface area contributed by atoms with E-state index in [1.54, 1.807) is 16.2 Å². The molecule has 6 heteroatoms. The van der Waals surface area contributed by atoms with Crippen LogP contribution < -0.4 is 9.64 Å². The van der Waals surface area contributed by atoms with Gasteiger partial charge in [-0.15, -0.1) is 0 Å². The molecule has 3 aromatic rings. The minimum Gasteiger partial charge on any atom is -0.491 e. The van der Waals surface area contributed by atoms with Crippen LogP contribution in [-0.4, -0.2) is 36.3 Å². The first-order valence-electron chi connectivity index (χ1n) is 10.5. The van der Waals surface area contributed by atoms with Gasteiger partial charge >= 0.3 is 0 Å². The number of carbonyl (C=O) groups excluding carboxylic acids is 1. The van der Waals surface area contributed by atoms with Crippen LogP contribution in [0.3, 0.4) is 0 Å². The maximum atomic E-state index is 13.5. The van der Waals surface area contributed by atoms with E-state index in [2.05, 4.69) is 26.0 Å². The van der Waals surface area contributed by atoms with Crippen molar-refractivity contribution in [2.75, 3.05) is 18.1 Å². The number of ether oxygens (including phenoxy) is 2. The highest BCUT2D eigenvalue weighted by Gasteiger charge is 2.27. The van der Waals surface area contributed by atoms with Crippen LogP contribution in [0, 0.1) is 13.8 Å². The Morgan fingerprint density at radius 3 is 2.67 bits per heavy atom. The van der Waals surface area contributed by atoms with Crippen molar-refractivity contribution in [2.45, 2.75) is 52.7 Å². The number of benzene rings is 2. The summed E-state index contributed by atoms with van der Waals surface area (Å²) in [6, 6.07) is 11.5. The molecule has 0 aliphatic carbocycles. The van der Waals surface area contributed by atoms with Crippen LogP contribution in [0.5, 0.6) is 5.75 Å². The van der Waals surface area contributed by atoms with Crippen molar-refractivity contribution in [2.24, 2.45) is 0 Å². The summed E-state index contributed by atoms with van der Waals surface area (Å²) >= 11 is 1.56. The number of amides is 1. The van der Waals surface area contributed by atoms with Crippen molar-refractivity contribution in [3.63, 3.8) is 0 Å². The Labute approximate surface area is 181 Å². The Kier molecular flexibility index (Phi) is 6.06. The largest absolute Gasteiger partial charge is 0.491 e. The average molecular weight is 425 g/mol. The second-order valence-electron chi connectivity index (χ2n) is 8.09. The van der Waals surface area contributed by atoms with Crippen LogP contribution in [0.4, 0.5) is 5.13 Å². The number of nitrogens with zero attached hydrogens (tertiary/aromatic N) is 2. The fraction of sp³-hybridized carbons (Fsp3) is 0.417. The third-order valence-corrected chi connectivity index (χ3v) is 6.48. The number of rotatable bonds is 6. The van der Waals surface area contributed by atoms with Crippen molar-refractivity contribution in [1.82, 2.24) is 4.98 Å². The number of thiazole rings is 1. The number of hydrogen-bond acceptors (Lipinski definition) is 5. The molecule has 1 aromatic heterocycles. The van der Waals surface area contributed by atoms with E-state index in [4.69, 9.17) is 14.5 Å². The van der Waals surface area contributed by atoms with Gasteiger partial charge in [0.05, 0.1) is 29.0 Å². The van der Waals surface area contributed by atoms with Gasteiger partial charge in [-0.2, -0.15) is 0 Å². The predicted molar refractivity (Wildman–Crippen MR) is 122 cm³/mol. The summed E-state index contributed by atoms with van der Waals surface area (Å²) in [6.45, 7) is 9.41. The first-order chi connectivity index (χ1) is 14.4. The van der Waals surface area contributed by atoms with Crippen molar-refractivity contribution in [1.29, 1.82) is 0 Å². The molecule has 2 heterocycles. The van der Waals surface area contributed by atoms with Gasteiger partial charge in [-0.25, -0.2) is 4.98 Å². The van der Waals surface area contributed by atoms with Crippen molar-refractivity contribution < 1.29 is 14.3 Å². The molecule has 1 aliphatic heterocycles. The molecule has 2 aromatic carbocycles. The number of anilines is 1. The third-order valence-electron chi connectivity index (χ3n) is 5.43. The van der Waals surface area contributed by atoms with E-state index in [1.165, 1.54) is 5.56 Å². The number of aromatic nitrogens is 1. The van der Waals surface area contributed by atoms with E-state index in [0.717, 1.165) is 46.1 Å². The van der Waals surface area contributed by atoms with Gasteiger partial charge in [0.1, 0.15) is 5.75 Å². The molecule has 1 amide bonds. The van der Waals surface area contributed by atoms with Crippen LogP contribution in [0.2, 0.25) is 0 Å². The van der Waals surface area contributed by atoms with Gasteiger partial charge in [0.25, 0.3) is 5.91 Å². The maximum Gasteiger partial charge on any atom is 0.260 e. The summed E-state index contributed by atoms with van der Waals surface area (Å²) in [7, 11) is 0. The zero-order chi connectivity index (χ0) is 21.3. The highest BCUT2D eigenvalue weighted by atomic mass is 32.1. The average Bonchev–Trinajstić information content (AvgIpc) is 3.38. The molecule has 0 bridgehead atoms. The minimum atomic E-state index is -0.0602. The molecule has 30 heavy (non-hydrogen) atoms. The molecule has 1 fully saturated rings. The van der Waals surface area contributed by atoms with Gasteiger partial charge < -0.3 is 9.47 Å². The lowest BCUT2D eigenvalue weighted by Gasteiger charge is -2.23. The quantitative estimate of drug-likeness (QED) is 0.522. The zero-order valence-corrected chi connectivity index (χ0v) is 18.8. The molecule has 1 saturated heterocycles. The molecule has 158 valence electrons. The highest BCUT2D eigenvalue weighted by Crippen LogP contribution is 2.33. The monoisotopic (exact) mass is 424 g/mol. The van der Waals surface area contributed by atoms with Crippen LogP contribution in [0.15, 0.2) is 36.4 Å². The lowest BCUT2D eigenvalue weighted by atomic mass is 10.1. The Morgan fingerprint density at radius 2 is 2.00 bits per heavy atom. The van der Waals surface area contributed by atoms with Gasteiger partial charge in [0.15, 0.2) is 5.13 Å². The lowest BCUT2D eigenvalue weighted by molar-refractivity contribution is 0.0917. The summed E-state index contributed by atoms with van der Waals surface area (Å²) in [6.07, 6.45) is 2.14. The van der Waals surface area contributed by atoms with Gasteiger partial charge in [-0.1, -0.05) is 17.4 Å². The first kappa shape index (κ1) is 20.8. The summed E-state index contributed by atoms with van der Waals surface area (Å²) in [5, 5.41) is 0.724. The number of carbonyl (C=O) groups is 1. The summed E-state index contributed by atoms with van der Waals surface area (Å²) in [5.74, 6) is 0.702. The second-order valence-corrected chi connectivity index (χ2v) is 9.10. The molecule has 1 unspecified atom stereocenters. The lowest BCUT2D eigenvalue weighted by Crippen LogP contribution is -2.37. The standard InChI is InChI=1S/C24H28N2O3S/c1-15(2)29-19-10-8-18(9-11-19)23(27)26(14-20-6-5-13-28-20)24-25-22-17(4)16(3)7-12-21(22)30-24/h7-12,15,20H,5-6,13-14H2,1-4H3. The molecule has 5 nitrogen and oxygen atoms in total. The van der Waals surface area contributed by atoms with E-state index >= 15 is 0 Å². The van der Waals surface area contributed by atoms with E-state index in [1.807, 2.05) is 38.1 Å². The molecular weight excluding hydrogens is 396 g/mol. The summed E-state index contributed by atoms with van der Waals surface area (Å²) < 4.78 is 12.6.